The van der Waals surface area contributed by atoms with E-state index < -0.39 is 0 Å². The molecule has 2 heteroatoms. The zero-order valence-corrected chi connectivity index (χ0v) is 9.93. The third kappa shape index (κ3) is 2.68. The molecule has 0 saturated carbocycles. The van der Waals surface area contributed by atoms with Crippen molar-refractivity contribution in [3.8, 4) is 12.3 Å². The smallest absolute Gasteiger partial charge is 0.231 e. The molecule has 0 aromatic heterocycles. The number of carbonyl (C=O) groups is 1. The van der Waals surface area contributed by atoms with Crippen molar-refractivity contribution in [1.82, 2.24) is 0 Å². The lowest BCUT2D eigenvalue weighted by Gasteiger charge is -2.38. The highest BCUT2D eigenvalue weighted by Crippen LogP contribution is 2.28. The number of para-hydroxylation sites is 1. The fourth-order valence-electron chi connectivity index (χ4n) is 2.17. The largest absolute Gasteiger partial charge is 0.311 e. The summed E-state index contributed by atoms with van der Waals surface area (Å²) in [5.74, 6) is 3.10. The fourth-order valence-corrected chi connectivity index (χ4v) is 2.17. The maximum absolute atomic E-state index is 11.9. The molecule has 0 aliphatic carbocycles. The van der Waals surface area contributed by atoms with Crippen molar-refractivity contribution >= 4 is 11.6 Å². The highest BCUT2D eigenvalue weighted by atomic mass is 16.2. The lowest BCUT2D eigenvalue weighted by atomic mass is 9.92. The fraction of sp³-hybridized carbons (Fsp3) is 0.400. The van der Waals surface area contributed by atoms with Gasteiger partial charge in [0.15, 0.2) is 0 Å². The molecule has 0 N–H and O–H groups in total. The van der Waals surface area contributed by atoms with Crippen LogP contribution in [0.15, 0.2) is 30.3 Å². The van der Waals surface area contributed by atoms with E-state index in [0.717, 1.165) is 37.9 Å². The van der Waals surface area contributed by atoms with Gasteiger partial charge in [-0.1, -0.05) is 24.6 Å². The first-order valence-corrected chi connectivity index (χ1v) is 6.13. The summed E-state index contributed by atoms with van der Waals surface area (Å²) < 4.78 is 0. The van der Waals surface area contributed by atoms with Gasteiger partial charge in [0.1, 0.15) is 0 Å². The van der Waals surface area contributed by atoms with Gasteiger partial charge in [0.25, 0.3) is 0 Å². The number of nitrogens with zero attached hydrogens (tertiary/aromatic N) is 1. The number of terminal acetylenes is 1. The minimum absolute atomic E-state index is 0.216. The Labute approximate surface area is 103 Å². The van der Waals surface area contributed by atoms with Gasteiger partial charge in [-0.05, 0) is 25.0 Å². The van der Waals surface area contributed by atoms with Crippen LogP contribution in [-0.4, -0.2) is 12.5 Å². The monoisotopic (exact) mass is 227 g/mol. The predicted octanol–water partition coefficient (Wildman–Crippen LogP) is 2.84. The van der Waals surface area contributed by atoms with E-state index in [4.69, 9.17) is 6.42 Å². The van der Waals surface area contributed by atoms with E-state index in [2.05, 4.69) is 5.92 Å². The molecule has 0 radical (unpaired) electrons. The molecule has 1 unspecified atom stereocenters. The van der Waals surface area contributed by atoms with Crippen LogP contribution < -0.4 is 4.90 Å². The van der Waals surface area contributed by atoms with E-state index in [1.165, 1.54) is 0 Å². The van der Waals surface area contributed by atoms with Crippen LogP contribution in [0.4, 0.5) is 5.69 Å². The Morgan fingerprint density at radius 3 is 2.71 bits per heavy atom. The number of carbonyl (C=O) groups excluding carboxylic acids is 1. The third-order valence-corrected chi connectivity index (χ3v) is 3.21. The highest BCUT2D eigenvalue weighted by molar-refractivity contribution is 6.01. The molecule has 1 amide bonds. The van der Waals surface area contributed by atoms with Crippen LogP contribution >= 0.6 is 0 Å². The number of anilines is 1. The second kappa shape index (κ2) is 5.54. The Bertz CT molecular complexity index is 418. The van der Waals surface area contributed by atoms with Crippen LogP contribution in [0.2, 0.25) is 0 Å². The first-order chi connectivity index (χ1) is 8.33. The number of β-lactam (4-membered cyclic amide) rings is 1. The summed E-state index contributed by atoms with van der Waals surface area (Å²) in [6.45, 7) is 0.860. The molecule has 2 rings (SSSR count). The number of benzene rings is 1. The molecule has 1 aromatic rings. The van der Waals surface area contributed by atoms with Crippen molar-refractivity contribution in [2.75, 3.05) is 11.4 Å². The lowest BCUT2D eigenvalue weighted by molar-refractivity contribution is -0.127. The Kier molecular flexibility index (Phi) is 3.82. The van der Waals surface area contributed by atoms with Gasteiger partial charge < -0.3 is 4.90 Å². The Morgan fingerprint density at radius 1 is 1.29 bits per heavy atom. The van der Waals surface area contributed by atoms with Crippen LogP contribution in [0.25, 0.3) is 0 Å². The molecule has 1 fully saturated rings. The van der Waals surface area contributed by atoms with Crippen LogP contribution in [0.1, 0.15) is 25.7 Å². The van der Waals surface area contributed by atoms with E-state index in [1.54, 1.807) is 0 Å². The average molecular weight is 227 g/mol. The van der Waals surface area contributed by atoms with Gasteiger partial charge in [-0.3, -0.25) is 4.79 Å². The van der Waals surface area contributed by atoms with Crippen LogP contribution in [0, 0.1) is 18.3 Å². The molecule has 1 saturated heterocycles. The van der Waals surface area contributed by atoms with Crippen LogP contribution in [-0.2, 0) is 4.79 Å². The summed E-state index contributed by atoms with van der Waals surface area (Å²) in [6.07, 6.45) is 9.08. The molecule has 2 nitrogen and oxygen atoms in total. The van der Waals surface area contributed by atoms with Gasteiger partial charge in [0.2, 0.25) is 5.91 Å². The Balaban J connectivity index is 1.78. The molecule has 1 aliphatic heterocycles. The van der Waals surface area contributed by atoms with Crippen LogP contribution in [0.3, 0.4) is 0 Å². The van der Waals surface area contributed by atoms with E-state index in [9.17, 15) is 4.79 Å². The van der Waals surface area contributed by atoms with E-state index >= 15 is 0 Å². The zero-order valence-electron chi connectivity index (χ0n) is 9.93. The molecule has 0 bridgehead atoms. The number of hydrogen-bond acceptors (Lipinski definition) is 1. The summed E-state index contributed by atoms with van der Waals surface area (Å²) in [4.78, 5) is 13.8. The highest BCUT2D eigenvalue weighted by Gasteiger charge is 2.36. The molecular formula is C15H17NO. The number of amides is 1. The zero-order chi connectivity index (χ0) is 12.1. The van der Waals surface area contributed by atoms with Crippen molar-refractivity contribution < 1.29 is 4.79 Å². The summed E-state index contributed by atoms with van der Waals surface area (Å²) in [5, 5.41) is 0. The van der Waals surface area contributed by atoms with Crippen molar-refractivity contribution in [1.29, 1.82) is 0 Å². The number of hydrogen-bond donors (Lipinski definition) is 0. The molecule has 88 valence electrons. The average Bonchev–Trinajstić information content (AvgIpc) is 2.37. The third-order valence-electron chi connectivity index (χ3n) is 3.21. The van der Waals surface area contributed by atoms with Gasteiger partial charge in [0, 0.05) is 18.7 Å². The van der Waals surface area contributed by atoms with E-state index in [1.807, 2.05) is 35.2 Å². The molecule has 1 aromatic carbocycles. The normalized spacial score (nSPS) is 18.6. The molecule has 1 aliphatic rings. The first-order valence-electron chi connectivity index (χ1n) is 6.13. The second-order valence-electron chi connectivity index (χ2n) is 4.43. The summed E-state index contributed by atoms with van der Waals surface area (Å²) in [7, 11) is 0. The molecule has 0 spiro atoms. The van der Waals surface area contributed by atoms with Crippen molar-refractivity contribution in [2.45, 2.75) is 25.7 Å². The maximum Gasteiger partial charge on any atom is 0.231 e. The molecule has 17 heavy (non-hydrogen) atoms. The minimum atomic E-state index is 0.216. The van der Waals surface area contributed by atoms with Crippen molar-refractivity contribution in [3.05, 3.63) is 30.3 Å². The Morgan fingerprint density at radius 2 is 2.06 bits per heavy atom. The van der Waals surface area contributed by atoms with Gasteiger partial charge in [-0.2, -0.15) is 0 Å². The van der Waals surface area contributed by atoms with Crippen molar-refractivity contribution in [2.24, 2.45) is 5.92 Å². The van der Waals surface area contributed by atoms with Gasteiger partial charge in [-0.25, -0.2) is 0 Å². The maximum atomic E-state index is 11.9. The SMILES string of the molecule is C#CCCCCC1CN(c2ccccc2)C1=O. The second-order valence-corrected chi connectivity index (χ2v) is 4.43. The number of rotatable bonds is 5. The summed E-state index contributed by atoms with van der Waals surface area (Å²) in [6, 6.07) is 9.84. The Hall–Kier alpha value is -1.75. The topological polar surface area (TPSA) is 20.3 Å². The van der Waals surface area contributed by atoms with Gasteiger partial charge in [0.05, 0.1) is 5.92 Å². The van der Waals surface area contributed by atoms with E-state index in [-0.39, 0.29) is 11.8 Å². The predicted molar refractivity (Wildman–Crippen MR) is 69.6 cm³/mol. The van der Waals surface area contributed by atoms with Crippen LogP contribution in [0.5, 0.6) is 0 Å². The van der Waals surface area contributed by atoms with E-state index in [0.29, 0.717) is 0 Å². The quantitative estimate of drug-likeness (QED) is 0.430. The van der Waals surface area contributed by atoms with Gasteiger partial charge >= 0.3 is 0 Å². The van der Waals surface area contributed by atoms with Gasteiger partial charge in [-0.15, -0.1) is 12.3 Å². The standard InChI is InChI=1S/C15H17NO/c1-2-3-4-6-9-13-12-16(15(13)17)14-10-7-5-8-11-14/h1,5,7-8,10-11,13H,3-4,6,9,12H2. The minimum Gasteiger partial charge on any atom is -0.311 e. The first kappa shape index (κ1) is 11.7. The molecular weight excluding hydrogens is 210 g/mol. The van der Waals surface area contributed by atoms with Crippen molar-refractivity contribution in [3.63, 3.8) is 0 Å². The lowest BCUT2D eigenvalue weighted by Crippen LogP contribution is -2.52. The summed E-state index contributed by atoms with van der Waals surface area (Å²) in [5.41, 5.74) is 1.01. The molecule has 1 atom stereocenters. The molecule has 1 heterocycles. The number of unbranched alkanes of at least 4 members (excludes halogenated alkanes) is 2. The summed E-state index contributed by atoms with van der Waals surface area (Å²) >= 11 is 0.